The number of hydrogen-bond donors (Lipinski definition) is 1. The maximum atomic E-state index is 12.1. The van der Waals surface area contributed by atoms with Crippen LogP contribution < -0.4 is 5.32 Å². The van der Waals surface area contributed by atoms with E-state index < -0.39 is 0 Å². The highest BCUT2D eigenvalue weighted by Crippen LogP contribution is 2.11. The summed E-state index contributed by atoms with van der Waals surface area (Å²) in [4.78, 5) is 16.7. The summed E-state index contributed by atoms with van der Waals surface area (Å²) >= 11 is 0. The van der Waals surface area contributed by atoms with Gasteiger partial charge in [-0.2, -0.15) is 0 Å². The fourth-order valence-corrected chi connectivity index (χ4v) is 3.12. The molecule has 0 radical (unpaired) electrons. The lowest BCUT2D eigenvalue weighted by atomic mass is 10.0. The van der Waals surface area contributed by atoms with E-state index >= 15 is 0 Å². The van der Waals surface area contributed by atoms with E-state index in [0.29, 0.717) is 18.5 Å². The quantitative estimate of drug-likeness (QED) is 0.788. The van der Waals surface area contributed by atoms with Crippen molar-refractivity contribution in [3.8, 4) is 0 Å². The van der Waals surface area contributed by atoms with Crippen molar-refractivity contribution in [3.05, 3.63) is 11.6 Å². The normalized spacial score (nSPS) is 21.3. The standard InChI is InChI=1S/C17H31N3O/c1-15(2)6-11-19-12-7-16(8-13-19)18-14-17(21)20-9-4-3-5-10-20/h6,16,18H,3-5,7-14H2,1-2H3. The second-order valence-electron chi connectivity index (χ2n) is 6.68. The monoisotopic (exact) mass is 293 g/mol. The molecule has 1 amide bonds. The summed E-state index contributed by atoms with van der Waals surface area (Å²) in [6, 6.07) is 0.515. The zero-order valence-corrected chi connectivity index (χ0v) is 13.7. The molecule has 4 nitrogen and oxygen atoms in total. The SMILES string of the molecule is CC(C)=CCN1CCC(NCC(=O)N2CCCCC2)CC1. The number of amides is 1. The zero-order chi connectivity index (χ0) is 15.1. The predicted octanol–water partition coefficient (Wildman–Crippen LogP) is 2.02. The molecule has 0 aromatic rings. The molecule has 2 aliphatic rings. The van der Waals surface area contributed by atoms with E-state index in [4.69, 9.17) is 0 Å². The molecule has 120 valence electrons. The predicted molar refractivity (Wildman–Crippen MR) is 87.3 cm³/mol. The van der Waals surface area contributed by atoms with Crippen molar-refractivity contribution in [1.29, 1.82) is 0 Å². The highest BCUT2D eigenvalue weighted by atomic mass is 16.2. The number of nitrogens with one attached hydrogen (secondary N) is 1. The summed E-state index contributed by atoms with van der Waals surface area (Å²) in [6.45, 7) is 10.1. The van der Waals surface area contributed by atoms with Gasteiger partial charge in [0.1, 0.15) is 0 Å². The maximum Gasteiger partial charge on any atom is 0.236 e. The molecule has 0 aliphatic carbocycles. The molecule has 0 aromatic heterocycles. The number of rotatable bonds is 5. The highest BCUT2D eigenvalue weighted by Gasteiger charge is 2.21. The van der Waals surface area contributed by atoms with Crippen LogP contribution in [0.15, 0.2) is 11.6 Å². The Labute approximate surface area is 129 Å². The molecular formula is C17H31N3O. The first-order valence-electron chi connectivity index (χ1n) is 8.52. The van der Waals surface area contributed by atoms with Gasteiger partial charge in [0.25, 0.3) is 0 Å². The average molecular weight is 293 g/mol. The first-order chi connectivity index (χ1) is 10.1. The third kappa shape index (κ3) is 5.79. The maximum absolute atomic E-state index is 12.1. The summed E-state index contributed by atoms with van der Waals surface area (Å²) in [5.41, 5.74) is 1.39. The Kier molecular flexibility index (Phi) is 6.71. The van der Waals surface area contributed by atoms with Crippen LogP contribution in [0.1, 0.15) is 46.0 Å². The molecule has 21 heavy (non-hydrogen) atoms. The van der Waals surface area contributed by atoms with Crippen molar-refractivity contribution < 1.29 is 4.79 Å². The molecule has 4 heteroatoms. The van der Waals surface area contributed by atoms with Gasteiger partial charge in [0, 0.05) is 25.7 Å². The fraction of sp³-hybridized carbons (Fsp3) is 0.824. The van der Waals surface area contributed by atoms with Crippen molar-refractivity contribution in [2.75, 3.05) is 39.3 Å². The van der Waals surface area contributed by atoms with Crippen LogP contribution >= 0.6 is 0 Å². The van der Waals surface area contributed by atoms with Crippen LogP contribution in [0, 0.1) is 0 Å². The van der Waals surface area contributed by atoms with E-state index in [1.54, 1.807) is 0 Å². The van der Waals surface area contributed by atoms with Gasteiger partial charge in [-0.25, -0.2) is 0 Å². The summed E-state index contributed by atoms with van der Waals surface area (Å²) < 4.78 is 0. The Morgan fingerprint density at radius 2 is 1.76 bits per heavy atom. The minimum atomic E-state index is 0.293. The summed E-state index contributed by atoms with van der Waals surface area (Å²) in [7, 11) is 0. The molecule has 0 saturated carbocycles. The molecule has 0 aromatic carbocycles. The highest BCUT2D eigenvalue weighted by molar-refractivity contribution is 5.78. The summed E-state index contributed by atoms with van der Waals surface area (Å²) in [5.74, 6) is 0.293. The van der Waals surface area contributed by atoms with E-state index in [1.165, 1.54) is 24.8 Å². The molecule has 2 fully saturated rings. The number of piperidine rings is 2. The molecular weight excluding hydrogens is 262 g/mol. The van der Waals surface area contributed by atoms with E-state index in [-0.39, 0.29) is 0 Å². The van der Waals surface area contributed by atoms with Crippen LogP contribution in [0.2, 0.25) is 0 Å². The first kappa shape index (κ1) is 16.5. The second-order valence-corrected chi connectivity index (χ2v) is 6.68. The van der Waals surface area contributed by atoms with Crippen molar-refractivity contribution >= 4 is 5.91 Å². The zero-order valence-electron chi connectivity index (χ0n) is 13.7. The summed E-state index contributed by atoms with van der Waals surface area (Å²) in [5, 5.41) is 3.47. The lowest BCUT2D eigenvalue weighted by Crippen LogP contribution is -2.47. The van der Waals surface area contributed by atoms with Gasteiger partial charge < -0.3 is 10.2 Å². The van der Waals surface area contributed by atoms with Crippen molar-refractivity contribution in [2.45, 2.75) is 52.0 Å². The van der Waals surface area contributed by atoms with Gasteiger partial charge in [-0.05, 0) is 59.0 Å². The van der Waals surface area contributed by atoms with E-state index in [1.807, 2.05) is 4.90 Å². The van der Waals surface area contributed by atoms with Crippen LogP contribution in [0.3, 0.4) is 0 Å². The second kappa shape index (κ2) is 8.54. The van der Waals surface area contributed by atoms with Crippen LogP contribution in [-0.4, -0.2) is 61.0 Å². The van der Waals surface area contributed by atoms with Gasteiger partial charge in [0.05, 0.1) is 6.54 Å². The molecule has 2 saturated heterocycles. The lowest BCUT2D eigenvalue weighted by molar-refractivity contribution is -0.131. The van der Waals surface area contributed by atoms with Crippen LogP contribution in [0.4, 0.5) is 0 Å². The largest absolute Gasteiger partial charge is 0.342 e. The van der Waals surface area contributed by atoms with E-state index in [9.17, 15) is 4.79 Å². The van der Waals surface area contributed by atoms with Crippen LogP contribution in [0.25, 0.3) is 0 Å². The van der Waals surface area contributed by atoms with Gasteiger partial charge in [-0.15, -0.1) is 0 Å². The van der Waals surface area contributed by atoms with Gasteiger partial charge in [0.15, 0.2) is 0 Å². The fourth-order valence-electron chi connectivity index (χ4n) is 3.12. The average Bonchev–Trinajstić information content (AvgIpc) is 2.52. The Morgan fingerprint density at radius 1 is 1.10 bits per heavy atom. The molecule has 0 bridgehead atoms. The molecule has 0 atom stereocenters. The number of allylic oxidation sites excluding steroid dienone is 1. The number of carbonyl (C=O) groups is 1. The minimum absolute atomic E-state index is 0.293. The molecule has 1 N–H and O–H groups in total. The lowest BCUT2D eigenvalue weighted by Gasteiger charge is -2.32. The number of likely N-dealkylation sites (tertiary alicyclic amines) is 2. The Morgan fingerprint density at radius 3 is 2.38 bits per heavy atom. The minimum Gasteiger partial charge on any atom is -0.342 e. The Balaban J connectivity index is 1.62. The third-order valence-corrected chi connectivity index (χ3v) is 4.60. The number of nitrogens with zero attached hydrogens (tertiary/aromatic N) is 2. The molecule has 2 rings (SSSR count). The van der Waals surface area contributed by atoms with Gasteiger partial charge in [-0.1, -0.05) is 11.6 Å². The van der Waals surface area contributed by atoms with Crippen molar-refractivity contribution in [3.63, 3.8) is 0 Å². The van der Waals surface area contributed by atoms with E-state index in [2.05, 4.69) is 30.1 Å². The smallest absolute Gasteiger partial charge is 0.236 e. The first-order valence-corrected chi connectivity index (χ1v) is 8.52. The molecule has 2 heterocycles. The third-order valence-electron chi connectivity index (χ3n) is 4.60. The molecule has 0 spiro atoms. The summed E-state index contributed by atoms with van der Waals surface area (Å²) in [6.07, 6.45) is 8.24. The van der Waals surface area contributed by atoms with Crippen molar-refractivity contribution in [1.82, 2.24) is 15.1 Å². The van der Waals surface area contributed by atoms with Crippen molar-refractivity contribution in [2.24, 2.45) is 0 Å². The Hall–Kier alpha value is -0.870. The van der Waals surface area contributed by atoms with Gasteiger partial charge in [-0.3, -0.25) is 9.69 Å². The Bertz CT molecular complexity index is 349. The van der Waals surface area contributed by atoms with Gasteiger partial charge >= 0.3 is 0 Å². The number of hydrogen-bond acceptors (Lipinski definition) is 3. The molecule has 0 unspecified atom stereocenters. The molecule has 2 aliphatic heterocycles. The van der Waals surface area contributed by atoms with Gasteiger partial charge in [0.2, 0.25) is 5.91 Å². The topological polar surface area (TPSA) is 35.6 Å². The number of carbonyl (C=O) groups excluding carboxylic acids is 1. The van der Waals surface area contributed by atoms with E-state index in [0.717, 1.165) is 45.6 Å². The van der Waals surface area contributed by atoms with Crippen LogP contribution in [0.5, 0.6) is 0 Å². The van der Waals surface area contributed by atoms with Crippen LogP contribution in [-0.2, 0) is 4.79 Å².